The number of hydrogen-bond donors (Lipinski definition) is 1. The molecule has 2 aromatic rings. The molecule has 0 spiro atoms. The van der Waals surface area contributed by atoms with Crippen LogP contribution in [0.2, 0.25) is 0 Å². The Kier molecular flexibility index (Phi) is 6.30. The van der Waals surface area contributed by atoms with Crippen LogP contribution >= 0.6 is 11.8 Å². The van der Waals surface area contributed by atoms with Gasteiger partial charge in [-0.3, -0.25) is 9.78 Å². The van der Waals surface area contributed by atoms with E-state index >= 15 is 0 Å². The van der Waals surface area contributed by atoms with Gasteiger partial charge in [0.25, 0.3) is 0 Å². The molecule has 1 aliphatic heterocycles. The number of amides is 1. The van der Waals surface area contributed by atoms with Crippen LogP contribution in [0, 0.1) is 0 Å². The quantitative estimate of drug-likeness (QED) is 0.803. The molecular weight excluding hydrogens is 334 g/mol. The molecule has 1 amide bonds. The summed E-state index contributed by atoms with van der Waals surface area (Å²) >= 11 is 1.50. The lowest BCUT2D eigenvalue weighted by Crippen LogP contribution is -2.36. The fourth-order valence-corrected chi connectivity index (χ4v) is 3.57. The smallest absolute Gasteiger partial charge is 0.234 e. The molecule has 2 heterocycles. The largest absolute Gasteiger partial charge is 0.381 e. The van der Waals surface area contributed by atoms with Crippen molar-refractivity contribution >= 4 is 29.0 Å². The van der Waals surface area contributed by atoms with Gasteiger partial charge in [-0.05, 0) is 49.2 Å². The van der Waals surface area contributed by atoms with E-state index in [1.54, 1.807) is 19.5 Å². The molecule has 1 aromatic carbocycles. The van der Waals surface area contributed by atoms with Gasteiger partial charge in [-0.2, -0.15) is 0 Å². The average molecular weight is 357 g/mol. The van der Waals surface area contributed by atoms with E-state index in [2.05, 4.69) is 27.3 Å². The first-order valence-electron chi connectivity index (χ1n) is 8.45. The van der Waals surface area contributed by atoms with Crippen LogP contribution in [-0.2, 0) is 9.53 Å². The maximum absolute atomic E-state index is 12.1. The molecule has 0 aliphatic carbocycles. The molecule has 6 heteroatoms. The van der Waals surface area contributed by atoms with E-state index in [1.165, 1.54) is 17.4 Å². The summed E-state index contributed by atoms with van der Waals surface area (Å²) in [6, 6.07) is 11.9. The first-order valence-corrected chi connectivity index (χ1v) is 9.43. The van der Waals surface area contributed by atoms with Gasteiger partial charge in [0, 0.05) is 48.9 Å². The Labute approximate surface area is 152 Å². The highest BCUT2D eigenvalue weighted by molar-refractivity contribution is 8.00. The number of benzene rings is 1. The van der Waals surface area contributed by atoms with E-state index in [1.807, 2.05) is 24.3 Å². The van der Waals surface area contributed by atoms with Crippen LogP contribution < -0.4 is 10.2 Å². The van der Waals surface area contributed by atoms with Gasteiger partial charge in [0.1, 0.15) is 0 Å². The van der Waals surface area contributed by atoms with Crippen LogP contribution in [-0.4, -0.2) is 42.9 Å². The molecule has 1 N–H and O–H groups in total. The second-order valence-electron chi connectivity index (χ2n) is 5.99. The monoisotopic (exact) mass is 357 g/mol. The van der Waals surface area contributed by atoms with Crippen molar-refractivity contribution in [3.05, 3.63) is 48.8 Å². The van der Waals surface area contributed by atoms with Gasteiger partial charge in [0.15, 0.2) is 0 Å². The number of rotatable bonds is 6. The molecule has 1 aliphatic rings. The molecule has 132 valence electrons. The van der Waals surface area contributed by atoms with Crippen molar-refractivity contribution in [3.63, 3.8) is 0 Å². The second kappa shape index (κ2) is 8.87. The van der Waals surface area contributed by atoms with Crippen LogP contribution in [0.15, 0.2) is 53.7 Å². The predicted octanol–water partition coefficient (Wildman–Crippen LogP) is 3.43. The third-order valence-electron chi connectivity index (χ3n) is 4.31. The molecule has 0 saturated carbocycles. The normalized spacial score (nSPS) is 15.2. The van der Waals surface area contributed by atoms with Crippen molar-refractivity contribution in [2.75, 3.05) is 36.2 Å². The number of anilines is 2. The molecule has 5 nitrogen and oxygen atoms in total. The average Bonchev–Trinajstić information content (AvgIpc) is 2.68. The van der Waals surface area contributed by atoms with E-state index in [-0.39, 0.29) is 5.91 Å². The van der Waals surface area contributed by atoms with Crippen molar-refractivity contribution in [1.82, 2.24) is 4.98 Å². The number of aromatic nitrogens is 1. The molecule has 0 atom stereocenters. The van der Waals surface area contributed by atoms with E-state index in [4.69, 9.17) is 4.74 Å². The minimum atomic E-state index is -0.00419. The number of nitrogens with one attached hydrogen (secondary N) is 1. The van der Waals surface area contributed by atoms with Crippen molar-refractivity contribution in [2.24, 2.45) is 0 Å². The molecular formula is C19H23N3O2S. The number of piperidine rings is 1. The lowest BCUT2D eigenvalue weighted by atomic mass is 10.1. The summed E-state index contributed by atoms with van der Waals surface area (Å²) < 4.78 is 5.41. The number of pyridine rings is 1. The summed E-state index contributed by atoms with van der Waals surface area (Å²) in [6.07, 6.45) is 5.96. The van der Waals surface area contributed by atoms with Gasteiger partial charge < -0.3 is 15.0 Å². The summed E-state index contributed by atoms with van der Waals surface area (Å²) in [5.41, 5.74) is 2.02. The number of carbonyl (C=O) groups is 1. The molecule has 0 unspecified atom stereocenters. The van der Waals surface area contributed by atoms with Gasteiger partial charge in [0.05, 0.1) is 11.9 Å². The van der Waals surface area contributed by atoms with Gasteiger partial charge in [-0.15, -0.1) is 11.8 Å². The summed E-state index contributed by atoms with van der Waals surface area (Å²) in [6.45, 7) is 2.01. The Morgan fingerprint density at radius 1 is 1.20 bits per heavy atom. The van der Waals surface area contributed by atoms with Crippen molar-refractivity contribution < 1.29 is 9.53 Å². The Balaban J connectivity index is 1.48. The van der Waals surface area contributed by atoms with Gasteiger partial charge in [-0.1, -0.05) is 0 Å². The van der Waals surface area contributed by atoms with Gasteiger partial charge in [0.2, 0.25) is 5.91 Å². The van der Waals surface area contributed by atoms with Crippen LogP contribution in [0.1, 0.15) is 12.8 Å². The SMILES string of the molecule is COC1CCN(c2ccc(NC(=O)CSc3ccncc3)cc2)CC1. The Morgan fingerprint density at radius 3 is 2.52 bits per heavy atom. The van der Waals surface area contributed by atoms with E-state index < -0.39 is 0 Å². The number of thioether (sulfide) groups is 1. The topological polar surface area (TPSA) is 54.5 Å². The maximum atomic E-state index is 12.1. The van der Waals surface area contributed by atoms with E-state index in [0.717, 1.165) is 36.5 Å². The molecule has 25 heavy (non-hydrogen) atoms. The van der Waals surface area contributed by atoms with Crippen LogP contribution in [0.5, 0.6) is 0 Å². The number of methoxy groups -OCH3 is 1. The maximum Gasteiger partial charge on any atom is 0.234 e. The fraction of sp³-hybridized carbons (Fsp3) is 0.368. The first-order chi connectivity index (χ1) is 12.2. The highest BCUT2D eigenvalue weighted by atomic mass is 32.2. The lowest BCUT2D eigenvalue weighted by molar-refractivity contribution is -0.113. The standard InChI is InChI=1S/C19H23N3O2S/c1-24-17-8-12-22(13-9-17)16-4-2-15(3-5-16)21-19(23)14-25-18-6-10-20-11-7-18/h2-7,10-11,17H,8-9,12-14H2,1H3,(H,21,23). The Bertz CT molecular complexity index is 671. The Morgan fingerprint density at radius 2 is 1.88 bits per heavy atom. The minimum absolute atomic E-state index is 0.00419. The second-order valence-corrected chi connectivity index (χ2v) is 7.04. The molecule has 0 bridgehead atoms. The summed E-state index contributed by atoms with van der Waals surface area (Å²) in [5, 5.41) is 2.94. The first kappa shape index (κ1) is 17.8. The van der Waals surface area contributed by atoms with Crippen LogP contribution in [0.3, 0.4) is 0 Å². The number of hydrogen-bond acceptors (Lipinski definition) is 5. The molecule has 0 radical (unpaired) electrons. The molecule has 1 aromatic heterocycles. The molecule has 1 fully saturated rings. The Hall–Kier alpha value is -2.05. The van der Waals surface area contributed by atoms with Gasteiger partial charge >= 0.3 is 0 Å². The fourth-order valence-electron chi connectivity index (χ4n) is 2.89. The number of ether oxygens (including phenoxy) is 1. The van der Waals surface area contributed by atoms with E-state index in [9.17, 15) is 4.79 Å². The summed E-state index contributed by atoms with van der Waals surface area (Å²) in [5.74, 6) is 0.381. The highest BCUT2D eigenvalue weighted by Gasteiger charge is 2.18. The van der Waals surface area contributed by atoms with E-state index in [0.29, 0.717) is 11.9 Å². The van der Waals surface area contributed by atoms with Crippen LogP contribution in [0.25, 0.3) is 0 Å². The third kappa shape index (κ3) is 5.21. The number of carbonyl (C=O) groups excluding carboxylic acids is 1. The van der Waals surface area contributed by atoms with Crippen LogP contribution in [0.4, 0.5) is 11.4 Å². The van der Waals surface area contributed by atoms with Crippen molar-refractivity contribution in [3.8, 4) is 0 Å². The molecule has 3 rings (SSSR count). The number of nitrogens with zero attached hydrogens (tertiary/aromatic N) is 2. The third-order valence-corrected chi connectivity index (χ3v) is 5.32. The zero-order chi connectivity index (χ0) is 17.5. The highest BCUT2D eigenvalue weighted by Crippen LogP contribution is 2.23. The minimum Gasteiger partial charge on any atom is -0.381 e. The van der Waals surface area contributed by atoms with Gasteiger partial charge in [-0.25, -0.2) is 0 Å². The lowest BCUT2D eigenvalue weighted by Gasteiger charge is -2.33. The summed E-state index contributed by atoms with van der Waals surface area (Å²) in [4.78, 5) is 19.4. The zero-order valence-electron chi connectivity index (χ0n) is 14.4. The predicted molar refractivity (Wildman–Crippen MR) is 102 cm³/mol. The van der Waals surface area contributed by atoms with Crippen molar-refractivity contribution in [2.45, 2.75) is 23.8 Å². The molecule has 1 saturated heterocycles. The zero-order valence-corrected chi connectivity index (χ0v) is 15.2. The van der Waals surface area contributed by atoms with Crippen molar-refractivity contribution in [1.29, 1.82) is 0 Å². The summed E-state index contributed by atoms with van der Waals surface area (Å²) in [7, 11) is 1.78.